The van der Waals surface area contributed by atoms with Crippen molar-refractivity contribution in [2.75, 3.05) is 31.7 Å². The Bertz CT molecular complexity index is 1170. The lowest BCUT2D eigenvalue weighted by atomic mass is 9.97. The lowest BCUT2D eigenvalue weighted by Gasteiger charge is -2.15. The predicted octanol–water partition coefficient (Wildman–Crippen LogP) is 4.07. The van der Waals surface area contributed by atoms with Crippen LogP contribution in [0, 0.1) is 0 Å². The monoisotopic (exact) mass is 491 g/mol. The molecule has 0 fully saturated rings. The molecule has 1 N–H and O–H groups in total. The number of anilines is 1. The fourth-order valence-corrected chi connectivity index (χ4v) is 6.07. The number of amides is 1. The van der Waals surface area contributed by atoms with Gasteiger partial charge in [0.25, 0.3) is 5.56 Å². The number of thioether (sulfide) groups is 1. The number of carbonyl (C=O) groups excluding carboxylic acids is 1. The SMILES string of the molecule is CN(C)CCCn1c(SCC(=O)Nc2ccc(Cl)cn2)nc2sc3c(c2c1=O)CCCC3. The van der Waals surface area contributed by atoms with Crippen LogP contribution in [0.2, 0.25) is 5.02 Å². The van der Waals surface area contributed by atoms with Gasteiger partial charge >= 0.3 is 0 Å². The maximum absolute atomic E-state index is 13.5. The number of nitrogens with zero attached hydrogens (tertiary/aromatic N) is 4. The van der Waals surface area contributed by atoms with E-state index in [9.17, 15) is 9.59 Å². The molecule has 10 heteroatoms. The second-order valence-corrected chi connectivity index (χ2v) is 10.6. The van der Waals surface area contributed by atoms with Crippen LogP contribution in [0.15, 0.2) is 28.3 Å². The number of hydrogen-bond donors (Lipinski definition) is 1. The molecule has 1 amide bonds. The van der Waals surface area contributed by atoms with Gasteiger partial charge in [-0.2, -0.15) is 0 Å². The van der Waals surface area contributed by atoms with E-state index >= 15 is 0 Å². The predicted molar refractivity (Wildman–Crippen MR) is 132 cm³/mol. The molecule has 1 aliphatic carbocycles. The number of halogens is 1. The average molecular weight is 492 g/mol. The molecule has 0 aliphatic heterocycles. The van der Waals surface area contributed by atoms with Crippen molar-refractivity contribution in [2.45, 2.75) is 43.8 Å². The third-order valence-electron chi connectivity index (χ3n) is 5.35. The van der Waals surface area contributed by atoms with Crippen LogP contribution < -0.4 is 10.9 Å². The lowest BCUT2D eigenvalue weighted by Crippen LogP contribution is -2.26. The molecular formula is C22H26ClN5O2S2. The van der Waals surface area contributed by atoms with Crippen molar-refractivity contribution in [3.63, 3.8) is 0 Å². The highest BCUT2D eigenvalue weighted by atomic mass is 35.5. The van der Waals surface area contributed by atoms with E-state index in [1.54, 1.807) is 28.0 Å². The number of pyridine rings is 1. The summed E-state index contributed by atoms with van der Waals surface area (Å²) in [4.78, 5) is 39.1. The molecular weight excluding hydrogens is 466 g/mol. The Kier molecular flexibility index (Phi) is 7.50. The molecule has 1 aliphatic rings. The molecule has 3 aromatic rings. The maximum atomic E-state index is 13.5. The van der Waals surface area contributed by atoms with Gasteiger partial charge in [-0.25, -0.2) is 9.97 Å². The highest BCUT2D eigenvalue weighted by molar-refractivity contribution is 7.99. The highest BCUT2D eigenvalue weighted by Gasteiger charge is 2.22. The van der Waals surface area contributed by atoms with Crippen LogP contribution in [0.3, 0.4) is 0 Å². The largest absolute Gasteiger partial charge is 0.310 e. The molecule has 0 unspecified atom stereocenters. The van der Waals surface area contributed by atoms with Crippen LogP contribution in [0.25, 0.3) is 10.2 Å². The standard InChI is InChI=1S/C22H26ClN5O2S2/c1-27(2)10-5-11-28-21(30)19-15-6-3-4-7-16(15)32-20(19)26-22(28)31-13-18(29)25-17-9-8-14(23)12-24-17/h8-9,12H,3-7,10-11,13H2,1-2H3,(H,24,25,29). The first-order chi connectivity index (χ1) is 15.4. The summed E-state index contributed by atoms with van der Waals surface area (Å²) < 4.78 is 1.76. The second-order valence-electron chi connectivity index (χ2n) is 8.10. The Hall–Kier alpha value is -1.94. The zero-order chi connectivity index (χ0) is 22.7. The number of carbonyl (C=O) groups is 1. The van der Waals surface area contributed by atoms with E-state index in [2.05, 4.69) is 15.2 Å². The molecule has 170 valence electrons. The summed E-state index contributed by atoms with van der Waals surface area (Å²) in [6, 6.07) is 3.33. The number of aryl methyl sites for hydroxylation is 2. The molecule has 0 spiro atoms. The summed E-state index contributed by atoms with van der Waals surface area (Å²) in [5.74, 6) is 0.378. The first-order valence-corrected chi connectivity index (χ1v) is 12.8. The smallest absolute Gasteiger partial charge is 0.263 e. The summed E-state index contributed by atoms with van der Waals surface area (Å²) in [6.07, 6.45) is 6.58. The fourth-order valence-electron chi connectivity index (χ4n) is 3.83. The van der Waals surface area contributed by atoms with Crippen molar-refractivity contribution < 1.29 is 4.79 Å². The van der Waals surface area contributed by atoms with Gasteiger partial charge in [-0.15, -0.1) is 11.3 Å². The van der Waals surface area contributed by atoms with E-state index in [4.69, 9.17) is 16.6 Å². The van der Waals surface area contributed by atoms with Gasteiger partial charge in [-0.1, -0.05) is 23.4 Å². The first kappa shape index (κ1) is 23.2. The van der Waals surface area contributed by atoms with Crippen LogP contribution in [-0.4, -0.2) is 51.7 Å². The quantitative estimate of drug-likeness (QED) is 0.378. The molecule has 0 saturated heterocycles. The minimum atomic E-state index is -0.204. The molecule has 0 radical (unpaired) electrons. The van der Waals surface area contributed by atoms with Crippen LogP contribution in [0.1, 0.15) is 29.7 Å². The Morgan fingerprint density at radius 1 is 1.31 bits per heavy atom. The fraction of sp³-hybridized carbons (Fsp3) is 0.455. The number of aromatic nitrogens is 3. The van der Waals surface area contributed by atoms with Gasteiger partial charge in [0.1, 0.15) is 10.6 Å². The Morgan fingerprint density at radius 2 is 2.12 bits per heavy atom. The molecule has 7 nitrogen and oxygen atoms in total. The summed E-state index contributed by atoms with van der Waals surface area (Å²) in [7, 11) is 4.04. The molecule has 0 aromatic carbocycles. The van der Waals surface area contributed by atoms with Crippen molar-refractivity contribution in [3.05, 3.63) is 44.1 Å². The van der Waals surface area contributed by atoms with Crippen molar-refractivity contribution in [1.82, 2.24) is 19.4 Å². The summed E-state index contributed by atoms with van der Waals surface area (Å²) in [6.45, 7) is 1.45. The summed E-state index contributed by atoms with van der Waals surface area (Å²) >= 11 is 8.77. The van der Waals surface area contributed by atoms with Gasteiger partial charge < -0.3 is 10.2 Å². The third kappa shape index (κ3) is 5.33. The number of hydrogen-bond acceptors (Lipinski definition) is 7. The van der Waals surface area contributed by atoms with Crippen molar-refractivity contribution >= 4 is 56.6 Å². The van der Waals surface area contributed by atoms with Gasteiger partial charge in [0, 0.05) is 17.6 Å². The number of nitrogens with one attached hydrogen (secondary N) is 1. The second kappa shape index (κ2) is 10.3. The molecule has 0 saturated carbocycles. The Balaban J connectivity index is 1.58. The molecule has 0 bridgehead atoms. The van der Waals surface area contributed by atoms with E-state index in [1.165, 1.54) is 28.4 Å². The normalized spacial score (nSPS) is 13.5. The van der Waals surface area contributed by atoms with Crippen LogP contribution in [0.4, 0.5) is 5.82 Å². The average Bonchev–Trinajstić information content (AvgIpc) is 3.14. The summed E-state index contributed by atoms with van der Waals surface area (Å²) in [5.41, 5.74) is 1.22. The lowest BCUT2D eigenvalue weighted by molar-refractivity contribution is -0.113. The number of rotatable bonds is 8. The van der Waals surface area contributed by atoms with Gasteiger partial charge in [0.2, 0.25) is 5.91 Å². The Morgan fingerprint density at radius 3 is 2.88 bits per heavy atom. The van der Waals surface area contributed by atoms with E-state index in [0.29, 0.717) is 22.5 Å². The van der Waals surface area contributed by atoms with Gasteiger partial charge in [0.05, 0.1) is 16.2 Å². The van der Waals surface area contributed by atoms with E-state index in [0.717, 1.165) is 48.9 Å². The zero-order valence-corrected chi connectivity index (χ0v) is 20.6. The topological polar surface area (TPSA) is 80.1 Å². The number of thiophene rings is 1. The third-order valence-corrected chi connectivity index (χ3v) is 7.74. The minimum absolute atomic E-state index is 0.0235. The molecule has 3 aromatic heterocycles. The first-order valence-electron chi connectivity index (χ1n) is 10.7. The molecule has 3 heterocycles. The van der Waals surface area contributed by atoms with E-state index < -0.39 is 0 Å². The molecule has 32 heavy (non-hydrogen) atoms. The van der Waals surface area contributed by atoms with Crippen molar-refractivity contribution in [1.29, 1.82) is 0 Å². The molecule has 0 atom stereocenters. The number of fused-ring (bicyclic) bond motifs is 3. The van der Waals surface area contributed by atoms with E-state index in [-0.39, 0.29) is 17.2 Å². The van der Waals surface area contributed by atoms with Crippen molar-refractivity contribution in [3.8, 4) is 0 Å². The molecule has 4 rings (SSSR count). The maximum Gasteiger partial charge on any atom is 0.263 e. The van der Waals surface area contributed by atoms with Crippen LogP contribution >= 0.6 is 34.7 Å². The summed E-state index contributed by atoms with van der Waals surface area (Å²) in [5, 5.41) is 4.65. The zero-order valence-electron chi connectivity index (χ0n) is 18.2. The van der Waals surface area contributed by atoms with Gasteiger partial charge in [-0.3, -0.25) is 14.2 Å². The van der Waals surface area contributed by atoms with Crippen LogP contribution in [-0.2, 0) is 24.2 Å². The Labute approximate surface area is 200 Å². The minimum Gasteiger partial charge on any atom is -0.310 e. The van der Waals surface area contributed by atoms with Gasteiger partial charge in [-0.05, 0) is 70.4 Å². The van der Waals surface area contributed by atoms with Crippen LogP contribution in [0.5, 0.6) is 0 Å². The highest BCUT2D eigenvalue weighted by Crippen LogP contribution is 2.34. The van der Waals surface area contributed by atoms with E-state index in [1.807, 2.05) is 14.1 Å². The van der Waals surface area contributed by atoms with Crippen molar-refractivity contribution in [2.24, 2.45) is 0 Å². The van der Waals surface area contributed by atoms with Gasteiger partial charge in [0.15, 0.2) is 5.16 Å².